The number of alkyl halides is 3. The van der Waals surface area contributed by atoms with E-state index in [0.29, 0.717) is 6.54 Å². The van der Waals surface area contributed by atoms with Crippen molar-refractivity contribution in [1.29, 1.82) is 5.26 Å². The van der Waals surface area contributed by atoms with E-state index < -0.39 is 11.7 Å². The number of benzene rings is 1. The van der Waals surface area contributed by atoms with Crippen molar-refractivity contribution in [2.75, 3.05) is 18.5 Å². The Bertz CT molecular complexity index is 504. The first-order chi connectivity index (χ1) is 10.4. The average molecular weight is 312 g/mol. The molecule has 0 radical (unpaired) electrons. The molecule has 0 aliphatic heterocycles. The van der Waals surface area contributed by atoms with Gasteiger partial charge in [-0.1, -0.05) is 45.1 Å². The summed E-state index contributed by atoms with van der Waals surface area (Å²) in [6.07, 6.45) is 2.03. The lowest BCUT2D eigenvalue weighted by Gasteiger charge is -2.24. The molecule has 0 unspecified atom stereocenters. The molecule has 122 valence electrons. The first kappa shape index (κ1) is 18.3. The number of anilines is 1. The van der Waals surface area contributed by atoms with Crippen molar-refractivity contribution in [2.24, 2.45) is 0 Å². The van der Waals surface area contributed by atoms with Gasteiger partial charge in [-0.15, -0.1) is 0 Å². The summed E-state index contributed by atoms with van der Waals surface area (Å²) in [6.45, 7) is 2.71. The Labute approximate surface area is 130 Å². The third kappa shape index (κ3) is 5.25. The number of hydrogen-bond donors (Lipinski definition) is 0. The number of halogens is 3. The molecule has 0 saturated carbocycles. The molecule has 0 bridgehead atoms. The Kier molecular flexibility index (Phi) is 7.23. The number of nitrogens with zero attached hydrogens (tertiary/aromatic N) is 2. The van der Waals surface area contributed by atoms with Crippen molar-refractivity contribution < 1.29 is 13.2 Å². The molecule has 1 rings (SSSR count). The van der Waals surface area contributed by atoms with Gasteiger partial charge in [-0.3, -0.25) is 0 Å². The maximum Gasteiger partial charge on any atom is 0.419 e. The van der Waals surface area contributed by atoms with Crippen molar-refractivity contribution >= 4 is 5.69 Å². The second-order valence-electron chi connectivity index (χ2n) is 5.50. The van der Waals surface area contributed by atoms with Gasteiger partial charge < -0.3 is 4.90 Å². The van der Waals surface area contributed by atoms with E-state index in [9.17, 15) is 13.2 Å². The van der Waals surface area contributed by atoms with Gasteiger partial charge in [-0.05, 0) is 18.6 Å². The van der Waals surface area contributed by atoms with Crippen LogP contribution in [0.1, 0.15) is 56.6 Å². The summed E-state index contributed by atoms with van der Waals surface area (Å²) in [4.78, 5) is 1.60. The van der Waals surface area contributed by atoms with Crippen molar-refractivity contribution in [3.8, 4) is 6.07 Å². The predicted octanol–water partition coefficient (Wildman–Crippen LogP) is 5.37. The second-order valence-corrected chi connectivity index (χ2v) is 5.50. The molecule has 0 atom stereocenters. The van der Waals surface area contributed by atoms with Gasteiger partial charge in [0.2, 0.25) is 0 Å². The van der Waals surface area contributed by atoms with Gasteiger partial charge in [0.1, 0.15) is 0 Å². The summed E-state index contributed by atoms with van der Waals surface area (Å²) in [5, 5.41) is 8.92. The zero-order valence-corrected chi connectivity index (χ0v) is 13.2. The Balaban J connectivity index is 2.73. The molecule has 0 N–H and O–H groups in total. The molecule has 0 amide bonds. The minimum Gasteiger partial charge on any atom is -0.374 e. The van der Waals surface area contributed by atoms with Crippen LogP contribution >= 0.6 is 0 Å². The molecule has 22 heavy (non-hydrogen) atoms. The highest BCUT2D eigenvalue weighted by atomic mass is 19.4. The van der Waals surface area contributed by atoms with Gasteiger partial charge in [-0.25, -0.2) is 0 Å². The van der Waals surface area contributed by atoms with Gasteiger partial charge in [0.15, 0.2) is 0 Å². The normalized spacial score (nSPS) is 11.3. The highest BCUT2D eigenvalue weighted by molar-refractivity contribution is 5.60. The number of nitriles is 1. The van der Waals surface area contributed by atoms with E-state index in [1.54, 1.807) is 18.0 Å². The molecule has 0 heterocycles. The van der Waals surface area contributed by atoms with Crippen LogP contribution < -0.4 is 4.90 Å². The van der Waals surface area contributed by atoms with Crippen LogP contribution in [0.15, 0.2) is 18.2 Å². The Morgan fingerprint density at radius 3 is 2.32 bits per heavy atom. The third-order valence-electron chi connectivity index (χ3n) is 3.70. The minimum atomic E-state index is -4.52. The van der Waals surface area contributed by atoms with Crippen LogP contribution in [0.3, 0.4) is 0 Å². The molecule has 0 saturated heterocycles. The van der Waals surface area contributed by atoms with Crippen LogP contribution in [0.2, 0.25) is 0 Å². The van der Waals surface area contributed by atoms with E-state index in [0.717, 1.165) is 19.3 Å². The van der Waals surface area contributed by atoms with Gasteiger partial charge >= 0.3 is 6.18 Å². The Morgan fingerprint density at radius 1 is 1.09 bits per heavy atom. The Hall–Kier alpha value is -1.70. The lowest BCUT2D eigenvalue weighted by molar-refractivity contribution is -0.137. The van der Waals surface area contributed by atoms with Crippen LogP contribution in [-0.2, 0) is 6.18 Å². The van der Waals surface area contributed by atoms with Crippen LogP contribution in [0.4, 0.5) is 18.9 Å². The van der Waals surface area contributed by atoms with Crippen LogP contribution in [0, 0.1) is 11.3 Å². The zero-order chi connectivity index (χ0) is 16.6. The quantitative estimate of drug-likeness (QED) is 0.603. The molecular formula is C17H23F3N2. The van der Waals surface area contributed by atoms with Crippen LogP contribution in [0.25, 0.3) is 0 Å². The topological polar surface area (TPSA) is 27.0 Å². The monoisotopic (exact) mass is 312 g/mol. The van der Waals surface area contributed by atoms with Crippen molar-refractivity contribution in [2.45, 2.75) is 51.6 Å². The SMILES string of the molecule is CCCCCCCCN(C)c1cccc(C#N)c1C(F)(F)F. The zero-order valence-electron chi connectivity index (χ0n) is 13.2. The lowest BCUT2D eigenvalue weighted by Crippen LogP contribution is -2.23. The minimum absolute atomic E-state index is 0.0834. The van der Waals surface area contributed by atoms with Crippen molar-refractivity contribution in [1.82, 2.24) is 0 Å². The highest BCUT2D eigenvalue weighted by Crippen LogP contribution is 2.38. The van der Waals surface area contributed by atoms with E-state index in [-0.39, 0.29) is 11.3 Å². The predicted molar refractivity (Wildman–Crippen MR) is 82.8 cm³/mol. The highest BCUT2D eigenvalue weighted by Gasteiger charge is 2.37. The molecule has 0 aromatic heterocycles. The number of rotatable bonds is 8. The average Bonchev–Trinajstić information content (AvgIpc) is 2.48. The first-order valence-corrected chi connectivity index (χ1v) is 7.73. The van der Waals surface area contributed by atoms with E-state index in [1.807, 2.05) is 0 Å². The smallest absolute Gasteiger partial charge is 0.374 e. The fourth-order valence-corrected chi connectivity index (χ4v) is 2.50. The van der Waals surface area contributed by atoms with Crippen molar-refractivity contribution in [3.05, 3.63) is 29.3 Å². The lowest BCUT2D eigenvalue weighted by atomic mass is 10.0. The standard InChI is InChI=1S/C17H23F3N2/c1-3-4-5-6-7-8-12-22(2)15-11-9-10-14(13-21)16(15)17(18,19)20/h9-11H,3-8,12H2,1-2H3. The maximum absolute atomic E-state index is 13.2. The molecule has 2 nitrogen and oxygen atoms in total. The number of unbranched alkanes of at least 4 members (excludes halogenated alkanes) is 5. The van der Waals surface area contributed by atoms with E-state index in [4.69, 9.17) is 5.26 Å². The fourth-order valence-electron chi connectivity index (χ4n) is 2.50. The molecule has 1 aromatic carbocycles. The summed E-state index contributed by atoms with van der Waals surface area (Å²) in [5.74, 6) is 0. The van der Waals surface area contributed by atoms with E-state index >= 15 is 0 Å². The number of hydrogen-bond acceptors (Lipinski definition) is 2. The molecule has 0 spiro atoms. The van der Waals surface area contributed by atoms with Gasteiger partial charge in [0, 0.05) is 13.6 Å². The Morgan fingerprint density at radius 2 is 1.73 bits per heavy atom. The molecule has 0 aliphatic carbocycles. The maximum atomic E-state index is 13.2. The molecule has 1 aromatic rings. The summed E-state index contributed by atoms with van der Waals surface area (Å²) >= 11 is 0. The largest absolute Gasteiger partial charge is 0.419 e. The molecule has 0 aliphatic rings. The van der Waals surface area contributed by atoms with Gasteiger partial charge in [-0.2, -0.15) is 18.4 Å². The fraction of sp³-hybridized carbons (Fsp3) is 0.588. The summed E-state index contributed by atoms with van der Waals surface area (Å²) in [5.41, 5.74) is -1.06. The summed E-state index contributed by atoms with van der Waals surface area (Å²) in [7, 11) is 1.65. The van der Waals surface area contributed by atoms with Crippen LogP contribution in [0.5, 0.6) is 0 Å². The molecule has 0 fully saturated rings. The summed E-state index contributed by atoms with van der Waals surface area (Å²) in [6, 6.07) is 5.79. The van der Waals surface area contributed by atoms with Crippen LogP contribution in [-0.4, -0.2) is 13.6 Å². The molecular weight excluding hydrogens is 289 g/mol. The second kappa shape index (κ2) is 8.67. The third-order valence-corrected chi connectivity index (χ3v) is 3.70. The van der Waals surface area contributed by atoms with Crippen molar-refractivity contribution in [3.63, 3.8) is 0 Å². The first-order valence-electron chi connectivity index (χ1n) is 7.73. The van der Waals surface area contributed by atoms with Gasteiger partial charge in [0.05, 0.1) is 22.9 Å². The van der Waals surface area contributed by atoms with Gasteiger partial charge in [0.25, 0.3) is 0 Å². The van der Waals surface area contributed by atoms with E-state index in [2.05, 4.69) is 6.92 Å². The summed E-state index contributed by atoms with van der Waals surface area (Å²) < 4.78 is 39.6. The van der Waals surface area contributed by atoms with E-state index in [1.165, 1.54) is 37.5 Å². The molecule has 5 heteroatoms.